The van der Waals surface area contributed by atoms with Crippen molar-refractivity contribution in [1.29, 1.82) is 0 Å². The van der Waals surface area contributed by atoms with Crippen LogP contribution in [0.4, 0.5) is 8.78 Å². The van der Waals surface area contributed by atoms with Gasteiger partial charge in [0.05, 0.1) is 17.7 Å². The number of hydrogen-bond acceptors (Lipinski definition) is 3. The molecule has 0 unspecified atom stereocenters. The summed E-state index contributed by atoms with van der Waals surface area (Å²) in [5.41, 5.74) is 2.43. The molecule has 6 heteroatoms. The lowest BCUT2D eigenvalue weighted by Crippen LogP contribution is -2.31. The second-order valence-corrected chi connectivity index (χ2v) is 6.22. The molecule has 3 nitrogen and oxygen atoms in total. The molecule has 1 saturated carbocycles. The number of aromatic nitrogens is 1. The normalized spacial score (nSPS) is 14.1. The minimum Gasteiger partial charge on any atom is -0.334 e. The van der Waals surface area contributed by atoms with Crippen molar-refractivity contribution >= 4 is 17.2 Å². The summed E-state index contributed by atoms with van der Waals surface area (Å²) in [6, 6.07) is 3.73. The molecule has 0 spiro atoms. The molecular weight excluding hydrogens is 306 g/mol. The molecule has 2 aromatic rings. The first-order valence-electron chi connectivity index (χ1n) is 7.27. The Morgan fingerprint density at radius 1 is 1.36 bits per heavy atom. The zero-order chi connectivity index (χ0) is 15.7. The van der Waals surface area contributed by atoms with Crippen LogP contribution in [0.5, 0.6) is 0 Å². The van der Waals surface area contributed by atoms with E-state index in [9.17, 15) is 13.6 Å². The first kappa shape index (κ1) is 15.1. The smallest absolute Gasteiger partial charge is 0.266 e. The fourth-order valence-corrected chi connectivity index (χ4v) is 3.25. The minimum atomic E-state index is -0.627. The monoisotopic (exact) mass is 322 g/mol. The van der Waals surface area contributed by atoms with E-state index in [2.05, 4.69) is 4.98 Å². The lowest BCUT2D eigenvalue weighted by molar-refractivity contribution is 0.0753. The molecule has 0 aliphatic heterocycles. The van der Waals surface area contributed by atoms with Crippen LogP contribution in [0, 0.1) is 11.6 Å². The molecule has 116 valence electrons. The highest BCUT2D eigenvalue weighted by Gasteiger charge is 2.32. The Bertz CT molecular complexity index is 677. The van der Waals surface area contributed by atoms with E-state index >= 15 is 0 Å². The summed E-state index contributed by atoms with van der Waals surface area (Å²) in [7, 11) is 0. The summed E-state index contributed by atoms with van der Waals surface area (Å²) in [6.45, 7) is 2.11. The number of benzene rings is 1. The van der Waals surface area contributed by atoms with E-state index in [0.29, 0.717) is 17.3 Å². The van der Waals surface area contributed by atoms with Crippen molar-refractivity contribution in [1.82, 2.24) is 9.88 Å². The van der Waals surface area contributed by atoms with Crippen molar-refractivity contribution in [2.75, 3.05) is 6.54 Å². The second kappa shape index (κ2) is 6.12. The van der Waals surface area contributed by atoms with Crippen molar-refractivity contribution in [3.05, 3.63) is 51.5 Å². The average Bonchev–Trinajstić information content (AvgIpc) is 3.23. The number of nitrogens with zero attached hydrogens (tertiary/aromatic N) is 2. The summed E-state index contributed by atoms with van der Waals surface area (Å²) in [6.07, 6.45) is 2.11. The van der Waals surface area contributed by atoms with Crippen LogP contribution in [0.2, 0.25) is 0 Å². The standard InChI is InChI=1S/C16H16F2N2OS/c1-2-20(8-11-12(17)4-3-5-13(11)18)16(21)15-14(10-6-7-10)19-9-22-15/h3-5,9-10H,2,6-8H2,1H3. The summed E-state index contributed by atoms with van der Waals surface area (Å²) < 4.78 is 27.6. The first-order valence-corrected chi connectivity index (χ1v) is 8.15. The number of carbonyl (C=O) groups excluding carboxylic acids is 1. The lowest BCUT2D eigenvalue weighted by atomic mass is 10.1. The summed E-state index contributed by atoms with van der Waals surface area (Å²) in [4.78, 5) is 19.0. The largest absolute Gasteiger partial charge is 0.334 e. The molecule has 1 aromatic heterocycles. The van der Waals surface area contributed by atoms with E-state index in [0.717, 1.165) is 18.5 Å². The maximum Gasteiger partial charge on any atom is 0.266 e. The van der Waals surface area contributed by atoms with Crippen molar-refractivity contribution in [3.63, 3.8) is 0 Å². The summed E-state index contributed by atoms with van der Waals surface area (Å²) in [5.74, 6) is -1.08. The van der Waals surface area contributed by atoms with Crippen LogP contribution < -0.4 is 0 Å². The zero-order valence-electron chi connectivity index (χ0n) is 12.2. The molecule has 1 heterocycles. The lowest BCUT2D eigenvalue weighted by Gasteiger charge is -2.21. The molecular formula is C16H16F2N2OS. The molecule has 0 atom stereocenters. The molecule has 22 heavy (non-hydrogen) atoms. The minimum absolute atomic E-state index is 0.0736. The number of carbonyl (C=O) groups is 1. The van der Waals surface area contributed by atoms with Crippen molar-refractivity contribution in [2.24, 2.45) is 0 Å². The predicted molar refractivity (Wildman–Crippen MR) is 80.9 cm³/mol. The van der Waals surface area contributed by atoms with Gasteiger partial charge in [0.15, 0.2) is 0 Å². The van der Waals surface area contributed by atoms with E-state index in [1.165, 1.54) is 34.4 Å². The highest BCUT2D eigenvalue weighted by Crippen LogP contribution is 2.42. The Hall–Kier alpha value is -1.82. The highest BCUT2D eigenvalue weighted by molar-refractivity contribution is 7.11. The number of rotatable bonds is 5. The van der Waals surface area contributed by atoms with Gasteiger partial charge in [0, 0.05) is 18.0 Å². The second-order valence-electron chi connectivity index (χ2n) is 5.36. The summed E-state index contributed by atoms with van der Waals surface area (Å²) >= 11 is 1.30. The molecule has 1 aliphatic carbocycles. The van der Waals surface area contributed by atoms with Crippen LogP contribution in [-0.2, 0) is 6.54 Å². The van der Waals surface area contributed by atoms with Crippen LogP contribution in [0.15, 0.2) is 23.7 Å². The van der Waals surface area contributed by atoms with E-state index in [1.54, 1.807) is 12.4 Å². The Morgan fingerprint density at radius 2 is 2.05 bits per heavy atom. The van der Waals surface area contributed by atoms with Crippen LogP contribution >= 0.6 is 11.3 Å². The average molecular weight is 322 g/mol. The Morgan fingerprint density at radius 3 is 2.64 bits per heavy atom. The van der Waals surface area contributed by atoms with Gasteiger partial charge in [-0.2, -0.15) is 0 Å². The van der Waals surface area contributed by atoms with E-state index in [4.69, 9.17) is 0 Å². The van der Waals surface area contributed by atoms with Gasteiger partial charge >= 0.3 is 0 Å². The van der Waals surface area contributed by atoms with Gasteiger partial charge in [-0.05, 0) is 31.9 Å². The molecule has 0 radical (unpaired) electrons. The van der Waals surface area contributed by atoms with Gasteiger partial charge in [-0.15, -0.1) is 11.3 Å². The third-order valence-corrected chi connectivity index (χ3v) is 4.66. The molecule has 1 fully saturated rings. The van der Waals surface area contributed by atoms with E-state index in [1.807, 2.05) is 0 Å². The summed E-state index contributed by atoms with van der Waals surface area (Å²) in [5, 5.41) is 0. The molecule has 0 N–H and O–H groups in total. The predicted octanol–water partition coefficient (Wildman–Crippen LogP) is 3.96. The fraction of sp³-hybridized carbons (Fsp3) is 0.375. The van der Waals surface area contributed by atoms with Gasteiger partial charge in [0.1, 0.15) is 16.5 Å². The fourth-order valence-electron chi connectivity index (χ4n) is 2.41. The Kier molecular flexibility index (Phi) is 4.20. The number of amides is 1. The van der Waals surface area contributed by atoms with Gasteiger partial charge in [-0.1, -0.05) is 6.07 Å². The van der Waals surface area contributed by atoms with Crippen LogP contribution in [0.25, 0.3) is 0 Å². The molecule has 1 amide bonds. The Labute approximate surface area is 131 Å². The Balaban J connectivity index is 1.84. The van der Waals surface area contributed by atoms with Gasteiger partial charge in [-0.25, -0.2) is 13.8 Å². The maximum absolute atomic E-state index is 13.8. The molecule has 1 aromatic carbocycles. The van der Waals surface area contributed by atoms with Crippen LogP contribution in [0.1, 0.15) is 46.6 Å². The SMILES string of the molecule is CCN(Cc1c(F)cccc1F)C(=O)c1scnc1C1CC1. The first-order chi connectivity index (χ1) is 10.6. The van der Waals surface area contributed by atoms with Gasteiger partial charge in [0.2, 0.25) is 0 Å². The van der Waals surface area contributed by atoms with Crippen LogP contribution in [0.3, 0.4) is 0 Å². The maximum atomic E-state index is 13.8. The molecule has 0 saturated heterocycles. The van der Waals surface area contributed by atoms with Gasteiger partial charge < -0.3 is 4.90 Å². The van der Waals surface area contributed by atoms with Crippen molar-refractivity contribution < 1.29 is 13.6 Å². The van der Waals surface area contributed by atoms with E-state index < -0.39 is 11.6 Å². The highest BCUT2D eigenvalue weighted by atomic mass is 32.1. The number of hydrogen-bond donors (Lipinski definition) is 0. The number of halogens is 2. The molecule has 1 aliphatic rings. The van der Waals surface area contributed by atoms with E-state index in [-0.39, 0.29) is 18.0 Å². The quantitative estimate of drug-likeness (QED) is 0.835. The van der Waals surface area contributed by atoms with Crippen LogP contribution in [-0.4, -0.2) is 22.3 Å². The van der Waals surface area contributed by atoms with Crippen molar-refractivity contribution in [2.45, 2.75) is 32.2 Å². The zero-order valence-corrected chi connectivity index (χ0v) is 13.0. The molecule has 0 bridgehead atoms. The van der Waals surface area contributed by atoms with Crippen molar-refractivity contribution in [3.8, 4) is 0 Å². The van der Waals surface area contributed by atoms with Gasteiger partial charge in [-0.3, -0.25) is 4.79 Å². The topological polar surface area (TPSA) is 33.2 Å². The third kappa shape index (κ3) is 2.88. The number of thiazole rings is 1. The molecule has 3 rings (SSSR count). The van der Waals surface area contributed by atoms with Gasteiger partial charge in [0.25, 0.3) is 5.91 Å². The third-order valence-electron chi connectivity index (χ3n) is 3.83.